The number of hydrogen-bond acceptors (Lipinski definition) is 3. The molecule has 1 aliphatic rings. The molecule has 2 aromatic rings. The minimum Gasteiger partial charge on any atom is -0.334 e. The minimum atomic E-state index is 0.260. The fourth-order valence-corrected chi connectivity index (χ4v) is 3.48. The summed E-state index contributed by atoms with van der Waals surface area (Å²) in [5, 5.41) is 6.78. The lowest BCUT2D eigenvalue weighted by Crippen LogP contribution is -2.41. The maximum atomic E-state index is 12.9. The van der Waals surface area contributed by atoms with Crippen molar-refractivity contribution in [2.45, 2.75) is 64.0 Å². The van der Waals surface area contributed by atoms with E-state index >= 15 is 0 Å². The second kappa shape index (κ2) is 8.62. The van der Waals surface area contributed by atoms with E-state index in [1.54, 1.807) is 6.20 Å². The molecule has 0 radical (unpaired) electrons. The van der Waals surface area contributed by atoms with Crippen LogP contribution in [0.15, 0.2) is 36.8 Å². The summed E-state index contributed by atoms with van der Waals surface area (Å²) >= 11 is 0. The van der Waals surface area contributed by atoms with Crippen molar-refractivity contribution in [2.24, 2.45) is 0 Å². The highest BCUT2D eigenvalue weighted by Gasteiger charge is 2.25. The van der Waals surface area contributed by atoms with E-state index in [2.05, 4.69) is 20.1 Å². The van der Waals surface area contributed by atoms with E-state index in [0.717, 1.165) is 36.9 Å². The molecule has 0 bridgehead atoms. The number of aromatic amines is 1. The van der Waals surface area contributed by atoms with Crippen LogP contribution >= 0.6 is 0 Å². The van der Waals surface area contributed by atoms with Gasteiger partial charge in [0.1, 0.15) is 0 Å². The number of pyridine rings is 1. The maximum Gasteiger partial charge on any atom is 0.223 e. The van der Waals surface area contributed by atoms with Crippen LogP contribution in [-0.4, -0.2) is 32.0 Å². The van der Waals surface area contributed by atoms with Crippen LogP contribution in [-0.2, 0) is 17.8 Å². The van der Waals surface area contributed by atoms with Crippen molar-refractivity contribution in [3.05, 3.63) is 48.0 Å². The number of nitrogens with zero attached hydrogens (tertiary/aromatic N) is 3. The molecule has 0 saturated heterocycles. The molecule has 5 nitrogen and oxygen atoms in total. The van der Waals surface area contributed by atoms with Gasteiger partial charge in [0.2, 0.25) is 5.91 Å². The Bertz CT molecular complexity index is 606. The largest absolute Gasteiger partial charge is 0.334 e. The van der Waals surface area contributed by atoms with Gasteiger partial charge in [0.15, 0.2) is 0 Å². The molecule has 24 heavy (non-hydrogen) atoms. The molecular formula is C19H26N4O. The molecular weight excluding hydrogens is 300 g/mol. The number of H-pyrrole nitrogens is 1. The van der Waals surface area contributed by atoms with Gasteiger partial charge in [-0.25, -0.2) is 0 Å². The predicted molar refractivity (Wildman–Crippen MR) is 93.2 cm³/mol. The summed E-state index contributed by atoms with van der Waals surface area (Å²) in [6.45, 7) is 0.635. The van der Waals surface area contributed by atoms with Gasteiger partial charge < -0.3 is 4.90 Å². The molecule has 0 atom stereocenters. The lowest BCUT2D eigenvalue weighted by molar-refractivity contribution is -0.135. The number of rotatable bonds is 7. The van der Waals surface area contributed by atoms with E-state index in [9.17, 15) is 4.79 Å². The zero-order valence-corrected chi connectivity index (χ0v) is 14.2. The fraction of sp³-hybridized carbons (Fsp3) is 0.526. The molecule has 0 spiro atoms. The minimum absolute atomic E-state index is 0.260. The van der Waals surface area contributed by atoms with Gasteiger partial charge in [0.05, 0.1) is 18.4 Å². The van der Waals surface area contributed by atoms with Gasteiger partial charge in [-0.1, -0.05) is 25.3 Å². The summed E-state index contributed by atoms with van der Waals surface area (Å²) in [6.07, 6.45) is 13.9. The van der Waals surface area contributed by atoms with Crippen molar-refractivity contribution >= 4 is 5.91 Å². The Morgan fingerprint density at radius 3 is 2.83 bits per heavy atom. The van der Waals surface area contributed by atoms with Crippen LogP contribution in [0.3, 0.4) is 0 Å². The molecule has 128 valence electrons. The van der Waals surface area contributed by atoms with Crippen LogP contribution in [0.4, 0.5) is 0 Å². The Labute approximate surface area is 143 Å². The van der Waals surface area contributed by atoms with Crippen LogP contribution < -0.4 is 0 Å². The SMILES string of the molecule is O=C(CCCc1cn[nH]c1)N(Cc1ccccn1)C1CCCCC1. The third-order valence-corrected chi connectivity index (χ3v) is 4.81. The van der Waals surface area contributed by atoms with Crippen LogP contribution in [0.1, 0.15) is 56.2 Å². The number of amides is 1. The molecule has 1 N–H and O–H groups in total. The lowest BCUT2D eigenvalue weighted by atomic mass is 9.93. The molecule has 0 aromatic carbocycles. The van der Waals surface area contributed by atoms with Crippen molar-refractivity contribution in [1.29, 1.82) is 0 Å². The van der Waals surface area contributed by atoms with E-state index in [-0.39, 0.29) is 5.91 Å². The summed E-state index contributed by atoms with van der Waals surface area (Å²) in [6, 6.07) is 6.29. The first-order valence-electron chi connectivity index (χ1n) is 9.00. The molecule has 1 aliphatic carbocycles. The summed E-state index contributed by atoms with van der Waals surface area (Å²) in [4.78, 5) is 19.3. The van der Waals surface area contributed by atoms with Crippen molar-refractivity contribution in [3.8, 4) is 0 Å². The van der Waals surface area contributed by atoms with Gasteiger partial charge >= 0.3 is 0 Å². The predicted octanol–water partition coefficient (Wildman–Crippen LogP) is 3.49. The molecule has 2 aromatic heterocycles. The van der Waals surface area contributed by atoms with Gasteiger partial charge in [0, 0.05) is 24.9 Å². The maximum absolute atomic E-state index is 12.9. The second-order valence-corrected chi connectivity index (χ2v) is 6.59. The number of aryl methyl sites for hydroxylation is 1. The van der Waals surface area contributed by atoms with Gasteiger partial charge in [-0.05, 0) is 43.4 Å². The van der Waals surface area contributed by atoms with Crippen LogP contribution in [0.2, 0.25) is 0 Å². The van der Waals surface area contributed by atoms with Crippen LogP contribution in [0.25, 0.3) is 0 Å². The van der Waals surface area contributed by atoms with Crippen molar-refractivity contribution in [3.63, 3.8) is 0 Å². The topological polar surface area (TPSA) is 61.9 Å². The highest BCUT2D eigenvalue weighted by Crippen LogP contribution is 2.25. The summed E-state index contributed by atoms with van der Waals surface area (Å²) in [5.74, 6) is 0.260. The van der Waals surface area contributed by atoms with Gasteiger partial charge in [-0.3, -0.25) is 14.9 Å². The van der Waals surface area contributed by atoms with Gasteiger partial charge in [-0.2, -0.15) is 5.10 Å². The summed E-state index contributed by atoms with van der Waals surface area (Å²) in [5.41, 5.74) is 2.14. The molecule has 0 aliphatic heterocycles. The second-order valence-electron chi connectivity index (χ2n) is 6.59. The number of carbonyl (C=O) groups is 1. The third-order valence-electron chi connectivity index (χ3n) is 4.81. The van der Waals surface area contributed by atoms with E-state index in [1.807, 2.05) is 30.6 Å². The van der Waals surface area contributed by atoms with Gasteiger partial charge in [0.25, 0.3) is 0 Å². The Balaban J connectivity index is 1.60. The highest BCUT2D eigenvalue weighted by atomic mass is 16.2. The first-order valence-corrected chi connectivity index (χ1v) is 9.00. The quantitative estimate of drug-likeness (QED) is 0.847. The Kier molecular flexibility index (Phi) is 5.99. The Hall–Kier alpha value is -2.17. The van der Waals surface area contributed by atoms with Crippen LogP contribution in [0.5, 0.6) is 0 Å². The van der Waals surface area contributed by atoms with Crippen LogP contribution in [0, 0.1) is 0 Å². The molecule has 1 amide bonds. The lowest BCUT2D eigenvalue weighted by Gasteiger charge is -2.34. The van der Waals surface area contributed by atoms with E-state index in [4.69, 9.17) is 0 Å². The monoisotopic (exact) mass is 326 g/mol. The zero-order valence-electron chi connectivity index (χ0n) is 14.2. The van der Waals surface area contributed by atoms with Gasteiger partial charge in [-0.15, -0.1) is 0 Å². The number of nitrogens with one attached hydrogen (secondary N) is 1. The van der Waals surface area contributed by atoms with E-state index in [1.165, 1.54) is 19.3 Å². The molecule has 0 unspecified atom stereocenters. The van der Waals surface area contributed by atoms with Crippen molar-refractivity contribution in [1.82, 2.24) is 20.1 Å². The average Bonchev–Trinajstić information content (AvgIpc) is 3.15. The molecule has 2 heterocycles. The fourth-order valence-electron chi connectivity index (χ4n) is 3.48. The number of hydrogen-bond donors (Lipinski definition) is 1. The summed E-state index contributed by atoms with van der Waals surface area (Å²) in [7, 11) is 0. The van der Waals surface area contributed by atoms with Crippen molar-refractivity contribution in [2.75, 3.05) is 0 Å². The average molecular weight is 326 g/mol. The molecule has 1 fully saturated rings. The zero-order chi connectivity index (χ0) is 16.6. The van der Waals surface area contributed by atoms with Crippen molar-refractivity contribution < 1.29 is 4.79 Å². The highest BCUT2D eigenvalue weighted by molar-refractivity contribution is 5.76. The summed E-state index contributed by atoms with van der Waals surface area (Å²) < 4.78 is 0. The first kappa shape index (κ1) is 16.7. The standard InChI is InChI=1S/C19H26N4O/c24-19(11-6-7-16-13-21-22-14-16)23(18-9-2-1-3-10-18)15-17-8-4-5-12-20-17/h4-5,8,12-14,18H,1-3,6-7,9-11,15H2,(H,21,22). The molecule has 5 heteroatoms. The normalized spacial score (nSPS) is 15.3. The molecule has 3 rings (SSSR count). The third kappa shape index (κ3) is 4.66. The number of aromatic nitrogens is 3. The Morgan fingerprint density at radius 2 is 2.12 bits per heavy atom. The Morgan fingerprint density at radius 1 is 1.25 bits per heavy atom. The van der Waals surface area contributed by atoms with E-state index in [0.29, 0.717) is 19.0 Å². The van der Waals surface area contributed by atoms with E-state index < -0.39 is 0 Å². The molecule has 1 saturated carbocycles. The smallest absolute Gasteiger partial charge is 0.223 e. The first-order chi connectivity index (χ1) is 11.8. The number of carbonyl (C=O) groups excluding carboxylic acids is 1.